The lowest BCUT2D eigenvalue weighted by atomic mass is 10.0. The normalized spacial score (nSPS) is 14.4. The number of phosphoric ester groups is 1. The topological polar surface area (TPSA) is 169 Å². The minimum atomic E-state index is -4.78. The van der Waals surface area contributed by atoms with Crippen molar-refractivity contribution < 1.29 is 47.8 Å². The number of aliphatic carboxylic acids is 1. The van der Waals surface area contributed by atoms with Crippen molar-refractivity contribution in [1.82, 2.24) is 5.32 Å². The minimum absolute atomic E-state index is 0.0630. The predicted octanol–water partition coefficient (Wildman–Crippen LogP) is 12.7. The van der Waals surface area contributed by atoms with Crippen molar-refractivity contribution >= 4 is 25.7 Å². The van der Waals surface area contributed by atoms with E-state index in [-0.39, 0.29) is 12.8 Å². The van der Waals surface area contributed by atoms with Crippen LogP contribution in [-0.2, 0) is 32.7 Å². The molecule has 12 heteroatoms. The van der Waals surface area contributed by atoms with Crippen LogP contribution in [0.1, 0.15) is 181 Å². The average molecular weight is 890 g/mol. The van der Waals surface area contributed by atoms with Crippen LogP contribution in [0.5, 0.6) is 0 Å². The maximum atomic E-state index is 12.3. The fourth-order valence-corrected chi connectivity index (χ4v) is 6.80. The molecule has 0 heterocycles. The molecule has 0 saturated carbocycles. The monoisotopic (exact) mass is 890 g/mol. The SMILES string of the molecule is CC/C=C\C/C=C\C/C=C\C/C=C\C/C=C\CCCC(=O)NC(COP(=O)(O)OCC(O)COC(=O)CCCCCCCCCCCCC/C=C\C/C=C\CCCCC)C(=O)O. The van der Waals surface area contributed by atoms with Gasteiger partial charge in [-0.15, -0.1) is 0 Å². The molecule has 0 bridgehead atoms. The second-order valence-corrected chi connectivity index (χ2v) is 17.0. The number of unbranched alkanes of at least 4 members (excludes halogenated alkanes) is 15. The van der Waals surface area contributed by atoms with E-state index in [0.29, 0.717) is 19.3 Å². The van der Waals surface area contributed by atoms with Gasteiger partial charge < -0.3 is 25.2 Å². The molecule has 0 aromatic carbocycles. The van der Waals surface area contributed by atoms with Gasteiger partial charge in [0.15, 0.2) is 6.04 Å². The summed E-state index contributed by atoms with van der Waals surface area (Å²) in [5, 5.41) is 21.8. The van der Waals surface area contributed by atoms with E-state index in [1.165, 1.54) is 77.0 Å². The zero-order valence-electron chi connectivity index (χ0n) is 38.4. The first-order chi connectivity index (χ1) is 30.1. The Labute approximate surface area is 375 Å². The number of aliphatic hydroxyl groups excluding tert-OH is 1. The number of nitrogens with one attached hydrogen (secondary N) is 1. The summed E-state index contributed by atoms with van der Waals surface area (Å²) in [7, 11) is -4.78. The number of carbonyl (C=O) groups excluding carboxylic acids is 2. The molecule has 0 aromatic rings. The standard InChI is InChI=1S/C50H84NO10P/c1-3-5-7-9-11-13-15-17-19-21-22-23-24-26-28-30-32-34-36-38-40-42-49(54)59-43-46(52)44-60-62(57,58)61-45-47(50(55)56)51-48(53)41-39-37-35-33-31-29-27-25-20-18-16-14-12-10-8-6-4-2/h6,8,11-14,17-20,27,29,33,35,46-47,52H,3-5,7,9-10,15-16,21-26,28,30-32,34,36-45H2,1-2H3,(H,51,53)(H,55,56)(H,57,58)/b8-6-,13-11-,14-12-,19-17-,20-18-,29-27-,35-33-. The summed E-state index contributed by atoms with van der Waals surface area (Å²) in [4.78, 5) is 46.0. The Balaban J connectivity index is 3.93. The number of carboxylic acid groups (broad SMARTS) is 1. The first kappa shape index (κ1) is 58.7. The highest BCUT2D eigenvalue weighted by Gasteiger charge is 2.28. The van der Waals surface area contributed by atoms with Crippen molar-refractivity contribution in [2.24, 2.45) is 0 Å². The summed E-state index contributed by atoms with van der Waals surface area (Å²) in [5.41, 5.74) is 0. The molecule has 0 saturated heterocycles. The molecule has 0 aromatic heterocycles. The fourth-order valence-electron chi connectivity index (χ4n) is 6.03. The highest BCUT2D eigenvalue weighted by atomic mass is 31.2. The van der Waals surface area contributed by atoms with Crippen LogP contribution >= 0.6 is 7.82 Å². The Morgan fingerprint density at radius 1 is 0.532 bits per heavy atom. The molecule has 0 spiro atoms. The van der Waals surface area contributed by atoms with Crippen LogP contribution in [-0.4, -0.2) is 64.9 Å². The van der Waals surface area contributed by atoms with Crippen LogP contribution < -0.4 is 5.32 Å². The summed E-state index contributed by atoms with van der Waals surface area (Å²) in [6, 6.07) is -1.58. The van der Waals surface area contributed by atoms with E-state index in [4.69, 9.17) is 13.8 Å². The molecule has 0 aliphatic rings. The van der Waals surface area contributed by atoms with Gasteiger partial charge in [-0.25, -0.2) is 9.36 Å². The number of esters is 1. The lowest BCUT2D eigenvalue weighted by molar-refractivity contribution is -0.147. The summed E-state index contributed by atoms with van der Waals surface area (Å²) in [6.07, 6.45) is 54.7. The predicted molar refractivity (Wildman–Crippen MR) is 254 cm³/mol. The van der Waals surface area contributed by atoms with Crippen LogP contribution in [0.4, 0.5) is 0 Å². The summed E-state index contributed by atoms with van der Waals surface area (Å²) < 4.78 is 26.9. The molecule has 1 amide bonds. The second kappa shape index (κ2) is 44.3. The number of carboxylic acids is 1. The summed E-state index contributed by atoms with van der Waals surface area (Å²) >= 11 is 0. The van der Waals surface area contributed by atoms with Gasteiger partial charge in [-0.1, -0.05) is 170 Å². The molecule has 3 unspecified atom stereocenters. The van der Waals surface area contributed by atoms with Crippen LogP contribution in [0, 0.1) is 0 Å². The Bertz CT molecular complexity index is 1370. The van der Waals surface area contributed by atoms with Crippen molar-refractivity contribution in [3.8, 4) is 0 Å². The van der Waals surface area contributed by atoms with E-state index in [0.717, 1.165) is 57.8 Å². The molecule has 62 heavy (non-hydrogen) atoms. The van der Waals surface area contributed by atoms with Crippen molar-refractivity contribution in [2.45, 2.75) is 193 Å². The average Bonchev–Trinajstić information content (AvgIpc) is 3.25. The molecule has 11 nitrogen and oxygen atoms in total. The zero-order chi connectivity index (χ0) is 45.6. The van der Waals surface area contributed by atoms with Gasteiger partial charge in [-0.05, 0) is 83.5 Å². The van der Waals surface area contributed by atoms with Gasteiger partial charge in [0.1, 0.15) is 12.7 Å². The van der Waals surface area contributed by atoms with Gasteiger partial charge in [-0.3, -0.25) is 18.6 Å². The van der Waals surface area contributed by atoms with Gasteiger partial charge in [-0.2, -0.15) is 0 Å². The first-order valence-corrected chi connectivity index (χ1v) is 25.1. The maximum Gasteiger partial charge on any atom is 0.472 e. The Morgan fingerprint density at radius 3 is 1.44 bits per heavy atom. The lowest BCUT2D eigenvalue weighted by Crippen LogP contribution is -2.43. The molecular weight excluding hydrogens is 806 g/mol. The molecule has 0 fully saturated rings. The Kier molecular flexibility index (Phi) is 41.9. The lowest BCUT2D eigenvalue weighted by Gasteiger charge is -2.18. The van der Waals surface area contributed by atoms with E-state index in [1.807, 2.05) is 12.2 Å². The number of hydrogen-bond donors (Lipinski definition) is 4. The van der Waals surface area contributed by atoms with Gasteiger partial charge >= 0.3 is 19.8 Å². The third kappa shape index (κ3) is 43.3. The first-order valence-electron chi connectivity index (χ1n) is 23.6. The summed E-state index contributed by atoms with van der Waals surface area (Å²) in [5.74, 6) is -2.46. The van der Waals surface area contributed by atoms with Crippen molar-refractivity contribution in [3.63, 3.8) is 0 Å². The number of ether oxygens (including phenoxy) is 1. The molecule has 0 rings (SSSR count). The van der Waals surface area contributed by atoms with E-state index in [9.17, 15) is 34.1 Å². The van der Waals surface area contributed by atoms with E-state index < -0.39 is 57.6 Å². The number of rotatable bonds is 43. The van der Waals surface area contributed by atoms with Gasteiger partial charge in [0.25, 0.3) is 0 Å². The molecule has 354 valence electrons. The molecular formula is C50H84NO10P. The minimum Gasteiger partial charge on any atom is -0.480 e. The van der Waals surface area contributed by atoms with Crippen molar-refractivity contribution in [2.75, 3.05) is 19.8 Å². The number of phosphoric acid groups is 1. The van der Waals surface area contributed by atoms with E-state index in [2.05, 4.69) is 92.1 Å². The third-order valence-electron chi connectivity index (χ3n) is 9.67. The molecule has 0 aliphatic heterocycles. The van der Waals surface area contributed by atoms with Gasteiger partial charge in [0.05, 0.1) is 13.2 Å². The number of amides is 1. The van der Waals surface area contributed by atoms with E-state index in [1.54, 1.807) is 0 Å². The van der Waals surface area contributed by atoms with Crippen molar-refractivity contribution in [1.29, 1.82) is 0 Å². The number of aliphatic hydroxyl groups is 1. The number of carbonyl (C=O) groups is 3. The molecule has 0 radical (unpaired) electrons. The number of hydrogen-bond acceptors (Lipinski definition) is 8. The molecule has 0 aliphatic carbocycles. The highest BCUT2D eigenvalue weighted by molar-refractivity contribution is 7.47. The molecule has 3 atom stereocenters. The van der Waals surface area contributed by atoms with Crippen molar-refractivity contribution in [3.05, 3.63) is 85.1 Å². The smallest absolute Gasteiger partial charge is 0.472 e. The largest absolute Gasteiger partial charge is 0.480 e. The highest BCUT2D eigenvalue weighted by Crippen LogP contribution is 2.43. The van der Waals surface area contributed by atoms with Crippen LogP contribution in [0.2, 0.25) is 0 Å². The summed E-state index contributed by atoms with van der Waals surface area (Å²) in [6.45, 7) is 2.41. The van der Waals surface area contributed by atoms with Crippen LogP contribution in [0.25, 0.3) is 0 Å². The van der Waals surface area contributed by atoms with E-state index >= 15 is 0 Å². The fraction of sp³-hybridized carbons (Fsp3) is 0.660. The van der Waals surface area contributed by atoms with Gasteiger partial charge in [0, 0.05) is 12.8 Å². The quantitative estimate of drug-likeness (QED) is 0.0200. The Morgan fingerprint density at radius 2 is 0.952 bits per heavy atom. The van der Waals surface area contributed by atoms with Gasteiger partial charge in [0.2, 0.25) is 5.91 Å². The van der Waals surface area contributed by atoms with Crippen LogP contribution in [0.15, 0.2) is 85.1 Å². The maximum absolute atomic E-state index is 12.3. The number of allylic oxidation sites excluding steroid dienone is 14. The zero-order valence-corrected chi connectivity index (χ0v) is 39.3. The van der Waals surface area contributed by atoms with Crippen LogP contribution in [0.3, 0.4) is 0 Å². The molecule has 4 N–H and O–H groups in total. The second-order valence-electron chi connectivity index (χ2n) is 15.6. The third-order valence-corrected chi connectivity index (χ3v) is 10.6. The Hall–Kier alpha value is -3.34.